The summed E-state index contributed by atoms with van der Waals surface area (Å²) < 4.78 is 18.8. The van der Waals surface area contributed by atoms with Crippen molar-refractivity contribution in [3.63, 3.8) is 0 Å². The first-order valence-electron chi connectivity index (χ1n) is 9.11. The van der Waals surface area contributed by atoms with E-state index in [4.69, 9.17) is 4.74 Å². The minimum absolute atomic E-state index is 0.0334. The molecule has 0 radical (unpaired) electrons. The van der Waals surface area contributed by atoms with Crippen molar-refractivity contribution in [3.8, 4) is 5.75 Å². The van der Waals surface area contributed by atoms with Gasteiger partial charge in [0.05, 0.1) is 18.3 Å². The molecule has 2 amide bonds. The van der Waals surface area contributed by atoms with Gasteiger partial charge in [-0.1, -0.05) is 24.3 Å². The highest BCUT2D eigenvalue weighted by Gasteiger charge is 2.25. The van der Waals surface area contributed by atoms with Crippen LogP contribution >= 0.6 is 0 Å². The van der Waals surface area contributed by atoms with E-state index in [-0.39, 0.29) is 48.8 Å². The number of hydrogen-bond acceptors (Lipinski definition) is 4. The van der Waals surface area contributed by atoms with E-state index in [2.05, 4.69) is 10.4 Å². The Kier molecular flexibility index (Phi) is 6.03. The third-order valence-electron chi connectivity index (χ3n) is 4.11. The molecule has 0 aromatic heterocycles. The lowest BCUT2D eigenvalue weighted by atomic mass is 10.1. The van der Waals surface area contributed by atoms with Crippen LogP contribution in [0.15, 0.2) is 53.6 Å². The predicted molar refractivity (Wildman–Crippen MR) is 104 cm³/mol. The maximum atomic E-state index is 13.1. The molecule has 3 rings (SSSR count). The number of benzene rings is 2. The van der Waals surface area contributed by atoms with E-state index >= 15 is 0 Å². The van der Waals surface area contributed by atoms with Crippen LogP contribution in [0.1, 0.15) is 32.3 Å². The van der Waals surface area contributed by atoms with E-state index in [1.807, 2.05) is 19.9 Å². The predicted octanol–water partition coefficient (Wildman–Crippen LogP) is 3.73. The van der Waals surface area contributed by atoms with Crippen LogP contribution in [-0.2, 0) is 16.1 Å². The average Bonchev–Trinajstić information content (AvgIpc) is 2.66. The molecule has 146 valence electrons. The smallest absolute Gasteiger partial charge is 0.271 e. The van der Waals surface area contributed by atoms with Crippen LogP contribution in [0.25, 0.3) is 0 Å². The second-order valence-electron chi connectivity index (χ2n) is 6.74. The first-order valence-corrected chi connectivity index (χ1v) is 9.11. The molecule has 1 N–H and O–H groups in total. The number of nitrogens with zero attached hydrogens (tertiary/aromatic N) is 2. The number of hydrogen-bond donors (Lipinski definition) is 1. The molecule has 7 heteroatoms. The van der Waals surface area contributed by atoms with Crippen LogP contribution in [0, 0.1) is 5.82 Å². The summed E-state index contributed by atoms with van der Waals surface area (Å²) in [5.74, 6) is -0.332. The van der Waals surface area contributed by atoms with E-state index in [0.717, 1.165) is 5.56 Å². The molecular formula is C21H22FN3O3. The van der Waals surface area contributed by atoms with Crippen LogP contribution in [0.2, 0.25) is 0 Å². The molecule has 1 aliphatic rings. The van der Waals surface area contributed by atoms with E-state index < -0.39 is 0 Å². The van der Waals surface area contributed by atoms with E-state index in [0.29, 0.717) is 11.4 Å². The molecule has 1 heterocycles. The topological polar surface area (TPSA) is 71.0 Å². The second-order valence-corrected chi connectivity index (χ2v) is 6.74. The van der Waals surface area contributed by atoms with Crippen molar-refractivity contribution in [3.05, 3.63) is 59.9 Å². The summed E-state index contributed by atoms with van der Waals surface area (Å²) in [6, 6.07) is 13.0. The standard InChI is InChI=1S/C21H22FN3O3/c1-14(2)28-19-6-4-3-5-17(19)23-21(27)18-11-12-20(26)25(24-18)13-15-7-9-16(22)10-8-15/h3-10,14H,11-13H2,1-2H3,(H,23,27). The monoisotopic (exact) mass is 383 g/mol. The maximum Gasteiger partial charge on any atom is 0.271 e. The van der Waals surface area contributed by atoms with Gasteiger partial charge in [-0.2, -0.15) is 5.10 Å². The fourth-order valence-corrected chi connectivity index (χ4v) is 2.77. The average molecular weight is 383 g/mol. The number of nitrogens with one attached hydrogen (secondary N) is 1. The Morgan fingerprint density at radius 2 is 1.89 bits per heavy atom. The van der Waals surface area contributed by atoms with Crippen molar-refractivity contribution >= 4 is 23.2 Å². The van der Waals surface area contributed by atoms with E-state index in [9.17, 15) is 14.0 Å². The Morgan fingerprint density at radius 1 is 1.18 bits per heavy atom. The van der Waals surface area contributed by atoms with Gasteiger partial charge in [-0.3, -0.25) is 9.59 Å². The Morgan fingerprint density at radius 3 is 2.61 bits per heavy atom. The van der Waals surface area contributed by atoms with E-state index in [1.54, 1.807) is 30.3 Å². The Balaban J connectivity index is 1.74. The number of ether oxygens (including phenoxy) is 1. The van der Waals surface area contributed by atoms with Crippen molar-refractivity contribution in [2.24, 2.45) is 5.10 Å². The van der Waals surface area contributed by atoms with Gasteiger partial charge in [0.25, 0.3) is 5.91 Å². The fraction of sp³-hybridized carbons (Fsp3) is 0.286. The van der Waals surface area contributed by atoms with Gasteiger partial charge in [0.15, 0.2) is 0 Å². The number of carbonyl (C=O) groups is 2. The zero-order valence-electron chi connectivity index (χ0n) is 15.8. The van der Waals surface area contributed by atoms with Crippen LogP contribution in [0.4, 0.5) is 10.1 Å². The largest absolute Gasteiger partial charge is 0.489 e. The minimum atomic E-state index is -0.378. The number of amides is 2. The van der Waals surface area contributed by atoms with Crippen molar-refractivity contribution < 1.29 is 18.7 Å². The first kappa shape index (κ1) is 19.5. The molecule has 0 saturated heterocycles. The number of anilines is 1. The van der Waals surface area contributed by atoms with Crippen LogP contribution < -0.4 is 10.1 Å². The quantitative estimate of drug-likeness (QED) is 0.826. The van der Waals surface area contributed by atoms with Crippen LogP contribution in [-0.4, -0.2) is 28.6 Å². The molecule has 0 aliphatic carbocycles. The molecule has 6 nitrogen and oxygen atoms in total. The maximum absolute atomic E-state index is 13.1. The molecule has 0 bridgehead atoms. The summed E-state index contributed by atoms with van der Waals surface area (Å²) in [5.41, 5.74) is 1.54. The van der Waals surface area contributed by atoms with Crippen molar-refractivity contribution in [2.75, 3.05) is 5.32 Å². The van der Waals surface area contributed by atoms with E-state index in [1.165, 1.54) is 17.1 Å². The molecular weight excluding hydrogens is 361 g/mol. The lowest BCUT2D eigenvalue weighted by molar-refractivity contribution is -0.132. The number of carbonyl (C=O) groups excluding carboxylic acids is 2. The minimum Gasteiger partial charge on any atom is -0.489 e. The summed E-state index contributed by atoms with van der Waals surface area (Å²) in [5, 5.41) is 8.28. The Labute approximate surface area is 163 Å². The van der Waals surface area contributed by atoms with Gasteiger partial charge < -0.3 is 10.1 Å². The molecule has 0 saturated carbocycles. The molecule has 0 fully saturated rings. The van der Waals surface area contributed by atoms with Gasteiger partial charge in [0.1, 0.15) is 17.3 Å². The molecule has 2 aromatic carbocycles. The van der Waals surface area contributed by atoms with Crippen molar-refractivity contribution in [2.45, 2.75) is 39.3 Å². The molecule has 0 atom stereocenters. The molecule has 0 spiro atoms. The molecule has 2 aromatic rings. The van der Waals surface area contributed by atoms with Crippen LogP contribution in [0.5, 0.6) is 5.75 Å². The summed E-state index contributed by atoms with van der Waals surface area (Å²) in [6.45, 7) is 3.99. The first-order chi connectivity index (χ1) is 13.4. The number of halogens is 1. The van der Waals surface area contributed by atoms with Gasteiger partial charge in [-0.15, -0.1) is 0 Å². The number of rotatable bonds is 6. The van der Waals surface area contributed by atoms with Gasteiger partial charge in [0.2, 0.25) is 5.91 Å². The summed E-state index contributed by atoms with van der Waals surface area (Å²) in [7, 11) is 0. The zero-order chi connectivity index (χ0) is 20.1. The third-order valence-corrected chi connectivity index (χ3v) is 4.11. The van der Waals surface area contributed by atoms with Crippen LogP contribution in [0.3, 0.4) is 0 Å². The summed E-state index contributed by atoms with van der Waals surface area (Å²) in [6.07, 6.45) is 0.420. The molecule has 28 heavy (non-hydrogen) atoms. The molecule has 0 unspecified atom stereocenters. The van der Waals surface area contributed by atoms with Gasteiger partial charge >= 0.3 is 0 Å². The van der Waals surface area contributed by atoms with Crippen molar-refractivity contribution in [1.82, 2.24) is 5.01 Å². The normalized spacial score (nSPS) is 14.1. The third kappa shape index (κ3) is 4.94. The highest BCUT2D eigenvalue weighted by Crippen LogP contribution is 2.25. The highest BCUT2D eigenvalue weighted by atomic mass is 19.1. The highest BCUT2D eigenvalue weighted by molar-refractivity contribution is 6.43. The lowest BCUT2D eigenvalue weighted by Gasteiger charge is -2.23. The molecule has 1 aliphatic heterocycles. The summed E-state index contributed by atoms with van der Waals surface area (Å²) >= 11 is 0. The number of hydrazone groups is 1. The van der Waals surface area contributed by atoms with Crippen molar-refractivity contribution in [1.29, 1.82) is 0 Å². The fourth-order valence-electron chi connectivity index (χ4n) is 2.77. The number of para-hydroxylation sites is 2. The van der Waals surface area contributed by atoms with Gasteiger partial charge in [-0.05, 0) is 43.7 Å². The SMILES string of the molecule is CC(C)Oc1ccccc1NC(=O)C1=NN(Cc2ccc(F)cc2)C(=O)CC1. The second kappa shape index (κ2) is 8.65. The summed E-state index contributed by atoms with van der Waals surface area (Å²) in [4.78, 5) is 24.8. The Bertz CT molecular complexity index is 894. The zero-order valence-corrected chi connectivity index (χ0v) is 15.8. The lowest BCUT2D eigenvalue weighted by Crippen LogP contribution is -2.36. The van der Waals surface area contributed by atoms with Gasteiger partial charge in [0, 0.05) is 12.8 Å². The van der Waals surface area contributed by atoms with Gasteiger partial charge in [-0.25, -0.2) is 9.40 Å². The Hall–Kier alpha value is -3.22.